The first-order valence-electron chi connectivity index (χ1n) is 6.75. The third-order valence-electron chi connectivity index (χ3n) is 3.50. The number of fused-ring (bicyclic) bond motifs is 1. The number of rotatable bonds is 3. The molecule has 3 rings (SSSR count). The highest BCUT2D eigenvalue weighted by molar-refractivity contribution is 7.17. The Bertz CT molecular complexity index is 717. The smallest absolute Gasteiger partial charge is 0.294 e. The second kappa shape index (κ2) is 5.33. The maximum atomic E-state index is 12.1. The molecule has 0 saturated carbocycles. The molecule has 0 spiro atoms. The van der Waals surface area contributed by atoms with Crippen molar-refractivity contribution >= 4 is 28.2 Å². The van der Waals surface area contributed by atoms with Crippen LogP contribution in [0.5, 0.6) is 0 Å². The Hall–Kier alpha value is -2.15. The number of hydrogen-bond donors (Lipinski definition) is 2. The number of carbonyl (C=O) groups excluding carboxylic acids is 2. The predicted octanol–water partition coefficient (Wildman–Crippen LogP) is 2.27. The molecule has 0 saturated heterocycles. The summed E-state index contributed by atoms with van der Waals surface area (Å²) < 4.78 is 4.93. The lowest BCUT2D eigenvalue weighted by Crippen LogP contribution is -2.18. The topological polar surface area (TPSA) is 98.2 Å². The molecule has 0 radical (unpaired) electrons. The van der Waals surface area contributed by atoms with Gasteiger partial charge in [-0.15, -0.1) is 11.3 Å². The lowest BCUT2D eigenvalue weighted by atomic mass is 9.95. The van der Waals surface area contributed by atoms with E-state index in [9.17, 15) is 9.59 Å². The second-order valence-corrected chi connectivity index (χ2v) is 6.17. The zero-order chi connectivity index (χ0) is 15.0. The van der Waals surface area contributed by atoms with Crippen LogP contribution in [0.3, 0.4) is 0 Å². The van der Waals surface area contributed by atoms with Crippen molar-refractivity contribution in [1.29, 1.82) is 0 Å². The Balaban J connectivity index is 1.93. The van der Waals surface area contributed by atoms with Crippen molar-refractivity contribution in [2.75, 3.05) is 5.32 Å². The summed E-state index contributed by atoms with van der Waals surface area (Å²) in [5.41, 5.74) is 7.54. The van der Waals surface area contributed by atoms with E-state index in [1.807, 2.05) is 0 Å². The van der Waals surface area contributed by atoms with E-state index in [1.165, 1.54) is 11.3 Å². The number of aromatic nitrogens is 1. The molecule has 0 unspecified atom stereocenters. The second-order valence-electron chi connectivity index (χ2n) is 5.07. The lowest BCUT2D eigenvalue weighted by molar-refractivity contribution is 0.0988. The number of primary amides is 1. The van der Waals surface area contributed by atoms with Crippen LogP contribution in [-0.2, 0) is 12.8 Å². The summed E-state index contributed by atoms with van der Waals surface area (Å²) in [6, 6.07) is 1.55. The zero-order valence-electron chi connectivity index (χ0n) is 11.6. The number of aryl methyl sites for hydroxylation is 2. The van der Waals surface area contributed by atoms with Gasteiger partial charge in [0.2, 0.25) is 5.76 Å². The minimum absolute atomic E-state index is 0.120. The molecule has 0 aliphatic heterocycles. The van der Waals surface area contributed by atoms with Gasteiger partial charge in [-0.05, 0) is 38.2 Å². The summed E-state index contributed by atoms with van der Waals surface area (Å²) >= 11 is 1.43. The number of hydrogen-bond acceptors (Lipinski definition) is 5. The summed E-state index contributed by atoms with van der Waals surface area (Å²) in [6.45, 7) is 1.74. The zero-order valence-corrected chi connectivity index (χ0v) is 12.4. The van der Waals surface area contributed by atoms with Gasteiger partial charge in [-0.3, -0.25) is 9.59 Å². The number of carbonyl (C=O) groups is 2. The molecular weight excluding hydrogens is 290 g/mol. The van der Waals surface area contributed by atoms with E-state index in [1.54, 1.807) is 13.0 Å². The normalized spacial score (nSPS) is 13.8. The van der Waals surface area contributed by atoms with Gasteiger partial charge in [0.25, 0.3) is 11.8 Å². The monoisotopic (exact) mass is 305 g/mol. The quantitative estimate of drug-likeness (QED) is 0.908. The Labute approximate surface area is 125 Å². The van der Waals surface area contributed by atoms with Crippen molar-refractivity contribution in [2.24, 2.45) is 5.73 Å². The summed E-state index contributed by atoms with van der Waals surface area (Å²) in [5, 5.41) is 6.91. The number of nitrogens with one attached hydrogen (secondary N) is 1. The molecule has 2 amide bonds. The van der Waals surface area contributed by atoms with Crippen molar-refractivity contribution in [3.05, 3.63) is 33.5 Å². The number of amides is 2. The van der Waals surface area contributed by atoms with Crippen molar-refractivity contribution in [2.45, 2.75) is 32.6 Å². The minimum Gasteiger partial charge on any atom is -0.365 e. The molecule has 0 aromatic carbocycles. The molecule has 3 N–H and O–H groups in total. The highest BCUT2D eigenvalue weighted by atomic mass is 32.1. The molecule has 2 aromatic rings. The van der Waals surface area contributed by atoms with Gasteiger partial charge in [-0.1, -0.05) is 5.16 Å². The Kier molecular flexibility index (Phi) is 3.50. The van der Waals surface area contributed by atoms with Gasteiger partial charge in [0.1, 0.15) is 5.00 Å². The molecule has 2 aromatic heterocycles. The lowest BCUT2D eigenvalue weighted by Gasteiger charge is -2.11. The number of nitrogens with two attached hydrogens (primary N) is 1. The first kappa shape index (κ1) is 13.8. The molecule has 0 fully saturated rings. The van der Waals surface area contributed by atoms with E-state index >= 15 is 0 Å². The number of thiophene rings is 1. The Morgan fingerprint density at radius 3 is 2.81 bits per heavy atom. The van der Waals surface area contributed by atoms with Gasteiger partial charge in [0.15, 0.2) is 0 Å². The third kappa shape index (κ3) is 2.56. The number of nitrogens with zero attached hydrogens (tertiary/aromatic N) is 1. The third-order valence-corrected chi connectivity index (χ3v) is 4.70. The molecule has 0 atom stereocenters. The molecular formula is C14H15N3O3S. The van der Waals surface area contributed by atoms with E-state index in [2.05, 4.69) is 10.5 Å². The first-order chi connectivity index (χ1) is 10.1. The number of anilines is 1. The largest absolute Gasteiger partial charge is 0.365 e. The molecule has 6 nitrogen and oxygen atoms in total. The van der Waals surface area contributed by atoms with Gasteiger partial charge >= 0.3 is 0 Å². The molecule has 7 heteroatoms. The van der Waals surface area contributed by atoms with Crippen molar-refractivity contribution in [1.82, 2.24) is 5.16 Å². The molecule has 2 heterocycles. The van der Waals surface area contributed by atoms with E-state index < -0.39 is 11.8 Å². The summed E-state index contributed by atoms with van der Waals surface area (Å²) in [4.78, 5) is 25.0. The fourth-order valence-corrected chi connectivity index (χ4v) is 3.84. The molecule has 110 valence electrons. The molecule has 0 bridgehead atoms. The van der Waals surface area contributed by atoms with Gasteiger partial charge in [0.05, 0.1) is 11.3 Å². The van der Waals surface area contributed by atoms with E-state index in [-0.39, 0.29) is 5.76 Å². The maximum Gasteiger partial charge on any atom is 0.294 e. The van der Waals surface area contributed by atoms with Crippen LogP contribution in [0.2, 0.25) is 0 Å². The standard InChI is InChI=1S/C14H15N3O3S/c1-7-6-9(20-17-7)13(19)16-14-11(12(15)18)8-4-2-3-5-10(8)21-14/h6H,2-5H2,1H3,(H2,15,18)(H,16,19). The highest BCUT2D eigenvalue weighted by Gasteiger charge is 2.25. The fourth-order valence-electron chi connectivity index (χ4n) is 2.55. The van der Waals surface area contributed by atoms with Gasteiger partial charge < -0.3 is 15.6 Å². The van der Waals surface area contributed by atoms with Crippen LogP contribution >= 0.6 is 11.3 Å². The van der Waals surface area contributed by atoms with Gasteiger partial charge in [-0.2, -0.15) is 0 Å². The minimum atomic E-state index is -0.501. The van der Waals surface area contributed by atoms with Crippen molar-refractivity contribution in [3.63, 3.8) is 0 Å². The van der Waals surface area contributed by atoms with E-state index in [0.29, 0.717) is 16.3 Å². The van der Waals surface area contributed by atoms with E-state index in [4.69, 9.17) is 10.3 Å². The van der Waals surface area contributed by atoms with Crippen molar-refractivity contribution in [3.8, 4) is 0 Å². The van der Waals surface area contributed by atoms with Crippen LogP contribution in [0.4, 0.5) is 5.00 Å². The van der Waals surface area contributed by atoms with Crippen LogP contribution in [0.25, 0.3) is 0 Å². The average molecular weight is 305 g/mol. The summed E-state index contributed by atoms with van der Waals surface area (Å²) in [6.07, 6.45) is 3.90. The van der Waals surface area contributed by atoms with Crippen molar-refractivity contribution < 1.29 is 14.1 Å². The summed E-state index contributed by atoms with van der Waals surface area (Å²) in [7, 11) is 0. The summed E-state index contributed by atoms with van der Waals surface area (Å²) in [5.74, 6) is -0.801. The first-order valence-corrected chi connectivity index (χ1v) is 7.57. The molecule has 1 aliphatic rings. The average Bonchev–Trinajstić information content (AvgIpc) is 3.01. The molecule has 21 heavy (non-hydrogen) atoms. The van der Waals surface area contributed by atoms with Gasteiger partial charge in [0, 0.05) is 10.9 Å². The highest BCUT2D eigenvalue weighted by Crippen LogP contribution is 2.38. The van der Waals surface area contributed by atoms with Crippen LogP contribution in [0.1, 0.15) is 49.9 Å². The maximum absolute atomic E-state index is 12.1. The van der Waals surface area contributed by atoms with Crippen LogP contribution in [0, 0.1) is 6.92 Å². The Morgan fingerprint density at radius 2 is 2.14 bits per heavy atom. The van der Waals surface area contributed by atoms with E-state index in [0.717, 1.165) is 36.1 Å². The van der Waals surface area contributed by atoms with Crippen LogP contribution in [-0.4, -0.2) is 17.0 Å². The van der Waals surface area contributed by atoms with Crippen LogP contribution < -0.4 is 11.1 Å². The van der Waals surface area contributed by atoms with Gasteiger partial charge in [-0.25, -0.2) is 0 Å². The SMILES string of the molecule is Cc1cc(C(=O)Nc2sc3c(c2C(N)=O)CCCC3)on1. The molecule has 1 aliphatic carbocycles. The predicted molar refractivity (Wildman–Crippen MR) is 78.7 cm³/mol. The fraction of sp³-hybridized carbons (Fsp3) is 0.357. The van der Waals surface area contributed by atoms with Crippen LogP contribution in [0.15, 0.2) is 10.6 Å². The Morgan fingerprint density at radius 1 is 1.38 bits per heavy atom.